The van der Waals surface area contributed by atoms with Crippen LogP contribution in [0.15, 0.2) is 0 Å². The molecule has 0 aromatic carbocycles. The number of hydrogen-bond acceptors (Lipinski definition) is 30. The van der Waals surface area contributed by atoms with E-state index in [0.29, 0.717) is 0 Å². The van der Waals surface area contributed by atoms with Gasteiger partial charge in [-0.25, -0.2) is 0 Å². The zero-order valence-electron chi connectivity index (χ0n) is 40.9. The third-order valence-electron chi connectivity index (χ3n) is 13.2. The Morgan fingerprint density at radius 3 is 1.41 bits per heavy atom. The fourth-order valence-corrected chi connectivity index (χ4v) is 9.17. The van der Waals surface area contributed by atoms with E-state index in [4.69, 9.17) is 47.4 Å². The Kier molecular flexibility index (Phi) is 23.5. The van der Waals surface area contributed by atoms with Crippen molar-refractivity contribution >= 4 is 17.7 Å². The molecule has 33 nitrogen and oxygen atoms in total. The molecule has 29 atom stereocenters. The normalized spacial score (nSPS) is 44.2. The maximum absolute atomic E-state index is 12.5. The lowest BCUT2D eigenvalue weighted by atomic mass is 9.94. The van der Waals surface area contributed by atoms with Crippen molar-refractivity contribution in [3.63, 3.8) is 0 Å². The second-order valence-electron chi connectivity index (χ2n) is 18.8. The number of hydrogen-bond donors (Lipinski definition) is 20. The summed E-state index contributed by atoms with van der Waals surface area (Å²) in [5.74, 6) is -2.45. The number of rotatable bonds is 22. The van der Waals surface area contributed by atoms with Crippen LogP contribution in [-0.2, 0) is 61.8 Å². The Bertz CT molecular complexity index is 1800. The van der Waals surface area contributed by atoms with Crippen LogP contribution in [0.4, 0.5) is 0 Å². The number of aliphatic hydroxyl groups is 17. The monoisotopic (exact) mass is 1100 g/mol. The highest BCUT2D eigenvalue weighted by Crippen LogP contribution is 2.35. The number of nitrogens with one attached hydrogen (secondary N) is 3. The molecule has 0 saturated carbocycles. The first-order chi connectivity index (χ1) is 35.3. The van der Waals surface area contributed by atoms with E-state index in [9.17, 15) is 101 Å². The van der Waals surface area contributed by atoms with Crippen molar-refractivity contribution in [3.8, 4) is 0 Å². The van der Waals surface area contributed by atoms with Crippen molar-refractivity contribution < 1.29 is 149 Å². The molecule has 436 valence electrons. The van der Waals surface area contributed by atoms with Gasteiger partial charge in [-0.05, 0) is 6.92 Å². The SMILES string of the molecule is CC(=O)N[C@H]1[C@H](O[C@H]2[C@@H](O)[C@@H](CO)O[C@@H](O[C@@H]([C@@H](O)[C@H](O)CO[C@@H]3O[C@H](CO)[C@@H](O[C@@H]4O[C@H](CO)[C@H](O)[C@H](O)[C@H]4O)[C@H](O)[C@H]3NC(C)=O)[C@H](CO)NC(C)=O)[C@@H]2O)O[C@H](CO)[C@@H](O[C@@H]2O[C@@H](C)[C@@H](O)[C@@H](O)[C@@H]2O)[C@@H]1O. The molecule has 75 heavy (non-hydrogen) atoms. The van der Waals surface area contributed by atoms with Gasteiger partial charge in [-0.15, -0.1) is 0 Å². The molecule has 0 aromatic rings. The molecule has 5 heterocycles. The minimum absolute atomic E-state index is 0.799. The smallest absolute Gasteiger partial charge is 0.217 e. The second-order valence-corrected chi connectivity index (χ2v) is 18.8. The van der Waals surface area contributed by atoms with Gasteiger partial charge in [0.05, 0.1) is 51.8 Å². The first-order valence-electron chi connectivity index (χ1n) is 23.9. The van der Waals surface area contributed by atoms with E-state index in [2.05, 4.69) is 16.0 Å². The van der Waals surface area contributed by atoms with Crippen LogP contribution in [0.5, 0.6) is 0 Å². The van der Waals surface area contributed by atoms with E-state index in [-0.39, 0.29) is 0 Å². The van der Waals surface area contributed by atoms with Gasteiger partial charge in [-0.2, -0.15) is 0 Å². The summed E-state index contributed by atoms with van der Waals surface area (Å²) in [6, 6.07) is -5.06. The Labute approximate surface area is 426 Å². The molecule has 20 N–H and O–H groups in total. The summed E-state index contributed by atoms with van der Waals surface area (Å²) in [7, 11) is 0. The van der Waals surface area contributed by atoms with Gasteiger partial charge in [0.25, 0.3) is 0 Å². The predicted molar refractivity (Wildman–Crippen MR) is 235 cm³/mol. The summed E-state index contributed by atoms with van der Waals surface area (Å²) < 4.78 is 57.0. The van der Waals surface area contributed by atoms with E-state index in [1.165, 1.54) is 6.92 Å². The van der Waals surface area contributed by atoms with Crippen molar-refractivity contribution in [3.05, 3.63) is 0 Å². The average molecular weight is 1100 g/mol. The van der Waals surface area contributed by atoms with Crippen molar-refractivity contribution in [2.24, 2.45) is 0 Å². The van der Waals surface area contributed by atoms with Gasteiger partial charge in [0.1, 0.15) is 134 Å². The molecule has 5 fully saturated rings. The Morgan fingerprint density at radius 1 is 0.480 bits per heavy atom. The van der Waals surface area contributed by atoms with Crippen molar-refractivity contribution in [1.29, 1.82) is 0 Å². The van der Waals surface area contributed by atoms with E-state index in [1.807, 2.05) is 0 Å². The van der Waals surface area contributed by atoms with Gasteiger partial charge >= 0.3 is 0 Å². The molecule has 0 spiro atoms. The van der Waals surface area contributed by atoms with E-state index < -0.39 is 235 Å². The number of ether oxygens (including phenoxy) is 10. The number of carbonyl (C=O) groups is 3. The minimum atomic E-state index is -2.31. The van der Waals surface area contributed by atoms with Gasteiger partial charge < -0.3 is 150 Å². The van der Waals surface area contributed by atoms with Crippen molar-refractivity contribution in [2.45, 2.75) is 205 Å². The molecule has 5 rings (SSSR count). The first-order valence-corrected chi connectivity index (χ1v) is 23.9. The molecule has 0 aromatic heterocycles. The molecule has 0 radical (unpaired) electrons. The number of amides is 3. The number of carbonyl (C=O) groups excluding carboxylic acids is 3. The molecule has 33 heteroatoms. The topological polar surface area (TPSA) is 524 Å². The highest BCUT2D eigenvalue weighted by Gasteiger charge is 2.56. The van der Waals surface area contributed by atoms with Crippen LogP contribution in [0.25, 0.3) is 0 Å². The van der Waals surface area contributed by atoms with Gasteiger partial charge in [0, 0.05) is 20.8 Å². The quantitative estimate of drug-likeness (QED) is 0.0479. The van der Waals surface area contributed by atoms with Crippen LogP contribution < -0.4 is 16.0 Å². The number of aliphatic hydroxyl groups excluding tert-OH is 17. The van der Waals surface area contributed by atoms with E-state index >= 15 is 0 Å². The zero-order chi connectivity index (χ0) is 55.9. The average Bonchev–Trinajstić information content (AvgIpc) is 3.37. The molecular weight excluding hydrogens is 1030 g/mol. The summed E-state index contributed by atoms with van der Waals surface area (Å²) in [4.78, 5) is 37.1. The Hall–Kier alpha value is -2.67. The largest absolute Gasteiger partial charge is 0.394 e. The fourth-order valence-electron chi connectivity index (χ4n) is 9.17. The van der Waals surface area contributed by atoms with Crippen LogP contribution in [0.2, 0.25) is 0 Å². The predicted octanol–water partition coefficient (Wildman–Crippen LogP) is -13.0. The van der Waals surface area contributed by atoms with Crippen LogP contribution in [-0.4, -0.2) is 322 Å². The second kappa shape index (κ2) is 28.0. The lowest BCUT2D eigenvalue weighted by Crippen LogP contribution is -2.69. The maximum atomic E-state index is 12.5. The summed E-state index contributed by atoms with van der Waals surface area (Å²) in [5, 5.41) is 189. The molecular formula is C42H73N3O30. The van der Waals surface area contributed by atoms with Crippen LogP contribution in [0.1, 0.15) is 27.7 Å². The van der Waals surface area contributed by atoms with Crippen LogP contribution in [0.3, 0.4) is 0 Å². The van der Waals surface area contributed by atoms with E-state index in [0.717, 1.165) is 20.8 Å². The zero-order valence-corrected chi connectivity index (χ0v) is 40.9. The molecule has 0 bridgehead atoms. The maximum Gasteiger partial charge on any atom is 0.217 e. The summed E-state index contributed by atoms with van der Waals surface area (Å²) in [6.45, 7) is -1.52. The summed E-state index contributed by atoms with van der Waals surface area (Å²) >= 11 is 0. The molecule has 5 saturated heterocycles. The van der Waals surface area contributed by atoms with Gasteiger partial charge in [0.2, 0.25) is 17.7 Å². The molecule has 0 unspecified atom stereocenters. The van der Waals surface area contributed by atoms with Crippen molar-refractivity contribution in [1.82, 2.24) is 16.0 Å². The summed E-state index contributed by atoms with van der Waals surface area (Å²) in [6.07, 6.45) is -48.1. The standard InChI is InChI=1S/C42H73N3O30/c1-11-23(55)29(61)31(63)40(67-11)73-36-20(9-50)71-39(22(28(36)60)45-14(4)53)75-37-26(58)18(7-48)69-42(33(37)65)72-34(15(5-46)43-12(2)51)24(56)16(54)10-66-38-21(44-13(3)52)27(59)35(19(8-49)70-38)74-41-32(64)30(62)25(57)17(6-47)68-41/h11,15-42,46-50,54-65H,5-10H2,1-4H3,(H,43,51)(H,44,52)(H,45,53)/t11-,15-,16+,17+,18+,19+,20+,21+,22+,23+,24-,25-,26-,27+,28+,29+,30-,31-,32+,33+,34+,35+,36+,37-,38+,39-,40-,41-,42-/m0/s1. The third-order valence-corrected chi connectivity index (χ3v) is 13.2. The third kappa shape index (κ3) is 14.8. The summed E-state index contributed by atoms with van der Waals surface area (Å²) in [5.41, 5.74) is 0. The lowest BCUT2D eigenvalue weighted by Gasteiger charge is -2.49. The van der Waals surface area contributed by atoms with Crippen LogP contribution >= 0.6 is 0 Å². The van der Waals surface area contributed by atoms with Gasteiger partial charge in [-0.1, -0.05) is 0 Å². The molecule has 3 amide bonds. The van der Waals surface area contributed by atoms with Crippen LogP contribution in [0, 0.1) is 0 Å². The van der Waals surface area contributed by atoms with Gasteiger partial charge in [0.15, 0.2) is 31.5 Å². The molecule has 5 aliphatic rings. The Balaban J connectivity index is 1.35. The lowest BCUT2D eigenvalue weighted by molar-refractivity contribution is -0.370. The highest BCUT2D eigenvalue weighted by atomic mass is 16.8. The minimum Gasteiger partial charge on any atom is -0.394 e. The Morgan fingerprint density at radius 2 is 0.920 bits per heavy atom. The van der Waals surface area contributed by atoms with Gasteiger partial charge in [-0.3, -0.25) is 14.4 Å². The molecule has 0 aliphatic carbocycles. The highest BCUT2D eigenvalue weighted by molar-refractivity contribution is 5.74. The fraction of sp³-hybridized carbons (Fsp3) is 0.929. The first kappa shape index (κ1) is 63.2. The van der Waals surface area contributed by atoms with Crippen molar-refractivity contribution in [2.75, 3.05) is 39.6 Å². The van der Waals surface area contributed by atoms with E-state index in [1.54, 1.807) is 0 Å². The molecule has 5 aliphatic heterocycles.